The van der Waals surface area contributed by atoms with E-state index in [0.29, 0.717) is 0 Å². The lowest BCUT2D eigenvalue weighted by Gasteiger charge is -2.18. The largest absolute Gasteiger partial charge is 0.493 e. The molecule has 19 heavy (non-hydrogen) atoms. The fourth-order valence-corrected chi connectivity index (χ4v) is 2.46. The van der Waals surface area contributed by atoms with E-state index in [9.17, 15) is 0 Å². The summed E-state index contributed by atoms with van der Waals surface area (Å²) in [6.45, 7) is 1.79. The first-order chi connectivity index (χ1) is 9.42. The van der Waals surface area contributed by atoms with Gasteiger partial charge >= 0.3 is 0 Å². The van der Waals surface area contributed by atoms with E-state index in [1.807, 2.05) is 6.07 Å². The lowest BCUT2D eigenvalue weighted by molar-refractivity contribution is 0.322. The highest BCUT2D eigenvalue weighted by molar-refractivity contribution is 5.56. The van der Waals surface area contributed by atoms with Crippen LogP contribution in [0, 0.1) is 0 Å². The highest BCUT2D eigenvalue weighted by Crippen LogP contribution is 2.26. The number of anilines is 1. The first-order valence-electron chi connectivity index (χ1n) is 6.95. The Morgan fingerprint density at radius 3 is 2.84 bits per heavy atom. The molecule has 0 amide bonds. The molecule has 0 bridgehead atoms. The molecule has 1 N–H and O–H groups in total. The third-order valence-corrected chi connectivity index (χ3v) is 3.52. The van der Waals surface area contributed by atoms with Gasteiger partial charge in [0.25, 0.3) is 0 Å². The summed E-state index contributed by atoms with van der Waals surface area (Å²) >= 11 is 0. The number of nitrogens with one attached hydrogen (secondary N) is 1. The Bertz CT molecular complexity index is 536. The van der Waals surface area contributed by atoms with Crippen molar-refractivity contribution in [1.29, 1.82) is 0 Å². The first-order valence-corrected chi connectivity index (χ1v) is 6.95. The number of aryl methyl sites for hydroxylation is 1. The molecule has 0 saturated carbocycles. The van der Waals surface area contributed by atoms with Crippen LogP contribution in [0.15, 0.2) is 48.5 Å². The van der Waals surface area contributed by atoms with Gasteiger partial charge in [0.1, 0.15) is 5.75 Å². The maximum absolute atomic E-state index is 5.84. The molecule has 0 aliphatic carbocycles. The Balaban J connectivity index is 1.58. The summed E-state index contributed by atoms with van der Waals surface area (Å²) in [5.74, 6) is 0.962. The molecule has 1 aliphatic heterocycles. The molecule has 3 rings (SSSR count). The zero-order chi connectivity index (χ0) is 12.9. The third kappa shape index (κ3) is 3.08. The maximum atomic E-state index is 5.84. The van der Waals surface area contributed by atoms with E-state index >= 15 is 0 Å². The van der Waals surface area contributed by atoms with E-state index in [4.69, 9.17) is 4.74 Å². The molecular formula is C17H19NO. The predicted octanol–water partition coefficient (Wildman–Crippen LogP) is 3.67. The summed E-state index contributed by atoms with van der Waals surface area (Å²) < 4.78 is 5.84. The van der Waals surface area contributed by atoms with Gasteiger partial charge in [-0.3, -0.25) is 0 Å². The Morgan fingerprint density at radius 1 is 1.05 bits per heavy atom. The molecule has 2 nitrogen and oxygen atoms in total. The third-order valence-electron chi connectivity index (χ3n) is 3.52. The van der Waals surface area contributed by atoms with Crippen molar-refractivity contribution in [2.75, 3.05) is 18.5 Å². The number of benzene rings is 2. The Morgan fingerprint density at radius 2 is 1.95 bits per heavy atom. The normalized spacial score (nSPS) is 13.5. The van der Waals surface area contributed by atoms with E-state index in [-0.39, 0.29) is 0 Å². The van der Waals surface area contributed by atoms with Crippen molar-refractivity contribution in [2.45, 2.75) is 19.3 Å². The molecule has 0 unspecified atom stereocenters. The van der Waals surface area contributed by atoms with Crippen LogP contribution in [0.5, 0.6) is 5.75 Å². The van der Waals surface area contributed by atoms with Crippen LogP contribution >= 0.6 is 0 Å². The van der Waals surface area contributed by atoms with Gasteiger partial charge in [0.2, 0.25) is 0 Å². The van der Waals surface area contributed by atoms with Crippen molar-refractivity contribution in [2.24, 2.45) is 0 Å². The zero-order valence-electron chi connectivity index (χ0n) is 11.1. The van der Waals surface area contributed by atoms with Gasteiger partial charge in [-0.05, 0) is 30.0 Å². The van der Waals surface area contributed by atoms with Gasteiger partial charge in [-0.2, -0.15) is 0 Å². The number of rotatable bonds is 4. The standard InChI is InChI=1S/C17H19NO/c1-2-5-14(6-3-1)10-12-19-16-9-8-15-7-4-11-18-17(15)13-16/h1-3,5-6,8-9,13,18H,4,7,10-12H2. The van der Waals surface area contributed by atoms with Gasteiger partial charge < -0.3 is 10.1 Å². The van der Waals surface area contributed by atoms with Gasteiger partial charge in [0.05, 0.1) is 6.61 Å². The van der Waals surface area contributed by atoms with Crippen LogP contribution in [0.1, 0.15) is 17.5 Å². The molecule has 0 spiro atoms. The van der Waals surface area contributed by atoms with Crippen LogP contribution in [0.25, 0.3) is 0 Å². The van der Waals surface area contributed by atoms with Crippen LogP contribution in [0.4, 0.5) is 5.69 Å². The molecule has 0 radical (unpaired) electrons. The molecule has 98 valence electrons. The number of hydrogen-bond acceptors (Lipinski definition) is 2. The van der Waals surface area contributed by atoms with E-state index in [2.05, 4.69) is 47.8 Å². The molecule has 0 atom stereocenters. The van der Waals surface area contributed by atoms with E-state index in [0.717, 1.165) is 25.3 Å². The van der Waals surface area contributed by atoms with Crippen LogP contribution in [0.2, 0.25) is 0 Å². The Hall–Kier alpha value is -1.96. The molecule has 2 aromatic rings. The van der Waals surface area contributed by atoms with Crippen LogP contribution < -0.4 is 10.1 Å². The fourth-order valence-electron chi connectivity index (χ4n) is 2.46. The molecule has 0 aromatic heterocycles. The summed E-state index contributed by atoms with van der Waals surface area (Å²) in [7, 11) is 0. The minimum absolute atomic E-state index is 0.725. The monoisotopic (exact) mass is 253 g/mol. The number of fused-ring (bicyclic) bond motifs is 1. The Kier molecular flexibility index (Phi) is 3.68. The molecule has 2 heteroatoms. The molecule has 0 fully saturated rings. The molecule has 2 aromatic carbocycles. The average molecular weight is 253 g/mol. The lowest BCUT2D eigenvalue weighted by Crippen LogP contribution is -2.11. The summed E-state index contributed by atoms with van der Waals surface area (Å²) in [5, 5.41) is 3.43. The summed E-state index contributed by atoms with van der Waals surface area (Å²) in [5.41, 5.74) is 3.96. The van der Waals surface area contributed by atoms with Crippen molar-refractivity contribution in [3.05, 3.63) is 59.7 Å². The van der Waals surface area contributed by atoms with Crippen LogP contribution in [0.3, 0.4) is 0 Å². The van der Waals surface area contributed by atoms with Crippen molar-refractivity contribution in [3.63, 3.8) is 0 Å². The highest BCUT2D eigenvalue weighted by atomic mass is 16.5. The maximum Gasteiger partial charge on any atom is 0.121 e. The summed E-state index contributed by atoms with van der Waals surface area (Å²) in [4.78, 5) is 0. The minimum atomic E-state index is 0.725. The van der Waals surface area contributed by atoms with Crippen LogP contribution in [-0.4, -0.2) is 13.2 Å². The van der Waals surface area contributed by atoms with Crippen LogP contribution in [-0.2, 0) is 12.8 Å². The van der Waals surface area contributed by atoms with Gasteiger partial charge in [-0.25, -0.2) is 0 Å². The lowest BCUT2D eigenvalue weighted by atomic mass is 10.0. The van der Waals surface area contributed by atoms with E-state index in [1.165, 1.54) is 29.7 Å². The predicted molar refractivity (Wildman–Crippen MR) is 78.9 cm³/mol. The second kappa shape index (κ2) is 5.79. The summed E-state index contributed by atoms with van der Waals surface area (Å²) in [6.07, 6.45) is 3.35. The first kappa shape index (κ1) is 12.1. The SMILES string of the molecule is c1ccc(CCOc2ccc3c(c2)NCCC3)cc1. The Labute approximate surface area is 114 Å². The van der Waals surface area contributed by atoms with Crippen molar-refractivity contribution in [1.82, 2.24) is 0 Å². The van der Waals surface area contributed by atoms with Crippen molar-refractivity contribution in [3.8, 4) is 5.75 Å². The van der Waals surface area contributed by atoms with Gasteiger partial charge in [0, 0.05) is 24.7 Å². The minimum Gasteiger partial charge on any atom is -0.493 e. The second-order valence-electron chi connectivity index (χ2n) is 4.93. The molecular weight excluding hydrogens is 234 g/mol. The smallest absolute Gasteiger partial charge is 0.121 e. The highest BCUT2D eigenvalue weighted by Gasteiger charge is 2.08. The number of ether oxygens (including phenoxy) is 1. The van der Waals surface area contributed by atoms with Gasteiger partial charge in [0.15, 0.2) is 0 Å². The topological polar surface area (TPSA) is 21.3 Å². The van der Waals surface area contributed by atoms with Crippen molar-refractivity contribution >= 4 is 5.69 Å². The van der Waals surface area contributed by atoms with E-state index in [1.54, 1.807) is 0 Å². The van der Waals surface area contributed by atoms with Crippen molar-refractivity contribution < 1.29 is 4.74 Å². The quantitative estimate of drug-likeness (QED) is 0.897. The molecule has 0 saturated heterocycles. The zero-order valence-corrected chi connectivity index (χ0v) is 11.1. The summed E-state index contributed by atoms with van der Waals surface area (Å²) in [6, 6.07) is 16.8. The van der Waals surface area contributed by atoms with Gasteiger partial charge in [-0.1, -0.05) is 36.4 Å². The molecule has 1 heterocycles. The number of hydrogen-bond donors (Lipinski definition) is 1. The van der Waals surface area contributed by atoms with E-state index < -0.39 is 0 Å². The second-order valence-corrected chi connectivity index (χ2v) is 4.93. The fraction of sp³-hybridized carbons (Fsp3) is 0.294. The van der Waals surface area contributed by atoms with Gasteiger partial charge in [-0.15, -0.1) is 0 Å². The molecule has 1 aliphatic rings. The average Bonchev–Trinajstić information content (AvgIpc) is 2.48.